The lowest BCUT2D eigenvalue weighted by Crippen LogP contribution is -2.46. The molecule has 2 atom stereocenters. The van der Waals surface area contributed by atoms with Gasteiger partial charge in [0.05, 0.1) is 5.69 Å². The van der Waals surface area contributed by atoms with Crippen LogP contribution in [0, 0.1) is 5.92 Å². The molecule has 2 unspecified atom stereocenters. The van der Waals surface area contributed by atoms with E-state index in [1.54, 1.807) is 12.5 Å². The van der Waals surface area contributed by atoms with Gasteiger partial charge >= 0.3 is 0 Å². The van der Waals surface area contributed by atoms with Crippen LogP contribution in [-0.4, -0.2) is 34.0 Å². The summed E-state index contributed by atoms with van der Waals surface area (Å²) in [5.41, 5.74) is 6.98. The summed E-state index contributed by atoms with van der Waals surface area (Å²) in [6.45, 7) is 5.07. The summed E-state index contributed by atoms with van der Waals surface area (Å²) in [7, 11) is 0. The van der Waals surface area contributed by atoms with E-state index in [-0.39, 0.29) is 0 Å². The first-order chi connectivity index (χ1) is 8.33. The van der Waals surface area contributed by atoms with Crippen LogP contribution in [0.2, 0.25) is 0 Å². The summed E-state index contributed by atoms with van der Waals surface area (Å²) in [5.74, 6) is 0.852. The van der Waals surface area contributed by atoms with Crippen molar-refractivity contribution in [1.29, 1.82) is 0 Å². The molecule has 2 N–H and O–H groups in total. The predicted octanol–water partition coefficient (Wildman–Crippen LogP) is 1.43. The van der Waals surface area contributed by atoms with E-state index < -0.39 is 0 Å². The number of rotatable bonds is 4. The van der Waals surface area contributed by atoms with Crippen LogP contribution in [0.1, 0.15) is 31.9 Å². The summed E-state index contributed by atoms with van der Waals surface area (Å²) >= 11 is 0. The summed E-state index contributed by atoms with van der Waals surface area (Å²) in [5, 5.41) is 0. The Balaban J connectivity index is 1.96. The Morgan fingerprint density at radius 1 is 1.53 bits per heavy atom. The molecule has 0 amide bonds. The lowest BCUT2D eigenvalue weighted by atomic mass is 9.89. The minimum atomic E-state index is 0.517. The van der Waals surface area contributed by atoms with Gasteiger partial charge in [-0.05, 0) is 31.4 Å². The Morgan fingerprint density at radius 3 is 3.06 bits per heavy atom. The highest BCUT2D eigenvalue weighted by atomic mass is 15.2. The fraction of sp³-hybridized carbons (Fsp3) is 0.692. The zero-order valence-corrected chi connectivity index (χ0v) is 10.5. The number of piperidine rings is 1. The fourth-order valence-corrected chi connectivity index (χ4v) is 2.63. The molecule has 1 fully saturated rings. The average Bonchev–Trinajstić information content (AvgIpc) is 2.40. The van der Waals surface area contributed by atoms with Gasteiger partial charge in [0.25, 0.3) is 0 Å². The van der Waals surface area contributed by atoms with Crippen molar-refractivity contribution in [2.24, 2.45) is 11.7 Å². The van der Waals surface area contributed by atoms with E-state index in [4.69, 9.17) is 5.73 Å². The van der Waals surface area contributed by atoms with Gasteiger partial charge in [-0.2, -0.15) is 0 Å². The summed E-state index contributed by atoms with van der Waals surface area (Å²) in [6.07, 6.45) is 7.22. The van der Waals surface area contributed by atoms with Crippen LogP contribution in [-0.2, 0) is 6.54 Å². The Bertz CT molecular complexity index is 327. The molecule has 17 heavy (non-hydrogen) atoms. The molecule has 1 aromatic heterocycles. The van der Waals surface area contributed by atoms with E-state index in [0.717, 1.165) is 31.2 Å². The fourth-order valence-electron chi connectivity index (χ4n) is 2.63. The van der Waals surface area contributed by atoms with Crippen molar-refractivity contribution in [3.63, 3.8) is 0 Å². The van der Waals surface area contributed by atoms with E-state index in [0.29, 0.717) is 6.04 Å². The van der Waals surface area contributed by atoms with E-state index in [9.17, 15) is 0 Å². The van der Waals surface area contributed by atoms with Crippen LogP contribution in [0.15, 0.2) is 18.6 Å². The van der Waals surface area contributed by atoms with E-state index >= 15 is 0 Å². The number of likely N-dealkylation sites (tertiary alicyclic amines) is 1. The highest BCUT2D eigenvalue weighted by Gasteiger charge is 2.26. The molecule has 0 aromatic carbocycles. The first-order valence-electron chi connectivity index (χ1n) is 6.52. The van der Waals surface area contributed by atoms with Gasteiger partial charge in [-0.3, -0.25) is 4.90 Å². The molecule has 0 spiro atoms. The largest absolute Gasteiger partial charge is 0.329 e. The average molecular weight is 234 g/mol. The van der Waals surface area contributed by atoms with Crippen LogP contribution >= 0.6 is 0 Å². The third-order valence-corrected chi connectivity index (χ3v) is 3.80. The Kier molecular flexibility index (Phi) is 4.45. The van der Waals surface area contributed by atoms with Crippen LogP contribution in [0.5, 0.6) is 0 Å². The predicted molar refractivity (Wildman–Crippen MR) is 68.3 cm³/mol. The van der Waals surface area contributed by atoms with E-state index in [1.807, 2.05) is 6.07 Å². The Labute approximate surface area is 103 Å². The minimum Gasteiger partial charge on any atom is -0.329 e. The molecule has 4 nitrogen and oxygen atoms in total. The molecule has 1 saturated heterocycles. The van der Waals surface area contributed by atoms with Crippen molar-refractivity contribution in [2.45, 2.75) is 38.8 Å². The standard InChI is InChI=1S/C13H22N4/c1-2-11-4-6-17(13(7-11)8-14)9-12-3-5-15-10-16-12/h3,5,10-11,13H,2,4,6-9,14H2,1H3. The number of aromatic nitrogens is 2. The Morgan fingerprint density at radius 2 is 2.41 bits per heavy atom. The normalized spacial score (nSPS) is 26.0. The number of nitrogens with zero attached hydrogens (tertiary/aromatic N) is 3. The van der Waals surface area contributed by atoms with Gasteiger partial charge in [0.2, 0.25) is 0 Å². The molecule has 0 bridgehead atoms. The first-order valence-corrected chi connectivity index (χ1v) is 6.52. The van der Waals surface area contributed by atoms with Gasteiger partial charge in [-0.25, -0.2) is 9.97 Å². The van der Waals surface area contributed by atoms with Crippen molar-refractivity contribution in [3.8, 4) is 0 Å². The zero-order valence-electron chi connectivity index (χ0n) is 10.5. The van der Waals surface area contributed by atoms with Gasteiger partial charge in [0.15, 0.2) is 0 Å². The van der Waals surface area contributed by atoms with Gasteiger partial charge in [-0.1, -0.05) is 13.3 Å². The Hall–Kier alpha value is -1.00. The number of hydrogen-bond acceptors (Lipinski definition) is 4. The quantitative estimate of drug-likeness (QED) is 0.856. The molecular formula is C13H22N4. The molecule has 4 heteroatoms. The molecule has 2 heterocycles. The molecule has 1 aliphatic rings. The molecule has 1 aromatic rings. The molecular weight excluding hydrogens is 212 g/mol. The molecule has 0 radical (unpaired) electrons. The second kappa shape index (κ2) is 6.07. The molecule has 2 rings (SSSR count). The SMILES string of the molecule is CCC1CCN(Cc2ccncn2)C(CN)C1. The summed E-state index contributed by atoms with van der Waals surface area (Å²) < 4.78 is 0. The highest BCUT2D eigenvalue weighted by Crippen LogP contribution is 2.25. The van der Waals surface area contributed by atoms with E-state index in [2.05, 4.69) is 21.8 Å². The lowest BCUT2D eigenvalue weighted by Gasteiger charge is -2.38. The van der Waals surface area contributed by atoms with Crippen molar-refractivity contribution in [1.82, 2.24) is 14.9 Å². The smallest absolute Gasteiger partial charge is 0.115 e. The van der Waals surface area contributed by atoms with Gasteiger partial charge in [0.1, 0.15) is 6.33 Å². The summed E-state index contributed by atoms with van der Waals surface area (Å²) in [4.78, 5) is 10.7. The van der Waals surface area contributed by atoms with E-state index in [1.165, 1.54) is 19.3 Å². The van der Waals surface area contributed by atoms with Crippen molar-refractivity contribution >= 4 is 0 Å². The first kappa shape index (κ1) is 12.5. The number of nitrogens with two attached hydrogens (primary N) is 1. The van der Waals surface area contributed by atoms with Crippen molar-refractivity contribution in [3.05, 3.63) is 24.3 Å². The van der Waals surface area contributed by atoms with Gasteiger partial charge in [0, 0.05) is 25.3 Å². The third-order valence-electron chi connectivity index (χ3n) is 3.80. The van der Waals surface area contributed by atoms with Crippen LogP contribution in [0.25, 0.3) is 0 Å². The number of hydrogen-bond donors (Lipinski definition) is 1. The van der Waals surface area contributed by atoms with Crippen molar-refractivity contribution in [2.75, 3.05) is 13.1 Å². The highest BCUT2D eigenvalue weighted by molar-refractivity contribution is 4.99. The maximum Gasteiger partial charge on any atom is 0.115 e. The lowest BCUT2D eigenvalue weighted by molar-refractivity contribution is 0.106. The molecule has 0 aliphatic carbocycles. The molecule has 1 aliphatic heterocycles. The summed E-state index contributed by atoms with van der Waals surface area (Å²) in [6, 6.07) is 2.50. The minimum absolute atomic E-state index is 0.517. The van der Waals surface area contributed by atoms with Crippen LogP contribution in [0.3, 0.4) is 0 Å². The van der Waals surface area contributed by atoms with Crippen LogP contribution in [0.4, 0.5) is 0 Å². The zero-order chi connectivity index (χ0) is 12.1. The van der Waals surface area contributed by atoms with Gasteiger partial charge < -0.3 is 5.73 Å². The third kappa shape index (κ3) is 3.23. The maximum atomic E-state index is 5.89. The van der Waals surface area contributed by atoms with Gasteiger partial charge in [-0.15, -0.1) is 0 Å². The van der Waals surface area contributed by atoms with Crippen LogP contribution < -0.4 is 5.73 Å². The second-order valence-corrected chi connectivity index (χ2v) is 4.86. The second-order valence-electron chi connectivity index (χ2n) is 4.86. The monoisotopic (exact) mass is 234 g/mol. The van der Waals surface area contributed by atoms with Crippen molar-refractivity contribution < 1.29 is 0 Å². The molecule has 94 valence electrons. The topological polar surface area (TPSA) is 55.0 Å². The maximum absolute atomic E-state index is 5.89. The molecule has 0 saturated carbocycles.